The smallest absolute Gasteiger partial charge is 0.358 e. The zero-order valence-corrected chi connectivity index (χ0v) is 9.80. The molecule has 0 saturated carbocycles. The summed E-state index contributed by atoms with van der Waals surface area (Å²) in [6, 6.07) is 0.160. The molecule has 1 aliphatic rings. The van der Waals surface area contributed by atoms with Gasteiger partial charge in [0.25, 0.3) is 0 Å². The molecule has 1 saturated heterocycles. The number of anilines is 1. The van der Waals surface area contributed by atoms with Crippen LogP contribution in [0.1, 0.15) is 23.3 Å². The molecule has 0 aromatic carbocycles. The Morgan fingerprint density at radius 3 is 3.12 bits per heavy atom. The number of rotatable bonds is 2. The Balaban J connectivity index is 2.17. The second-order valence-electron chi connectivity index (χ2n) is 4.10. The average molecular weight is 236 g/mol. The van der Waals surface area contributed by atoms with Crippen LogP contribution in [0.15, 0.2) is 12.4 Å². The fourth-order valence-corrected chi connectivity index (χ4v) is 1.93. The van der Waals surface area contributed by atoms with Gasteiger partial charge in [0.15, 0.2) is 5.69 Å². The summed E-state index contributed by atoms with van der Waals surface area (Å²) in [5.41, 5.74) is 6.13. The predicted octanol–water partition coefficient (Wildman–Crippen LogP) is 0.191. The molecule has 0 spiro atoms. The van der Waals surface area contributed by atoms with Gasteiger partial charge in [-0.15, -0.1) is 0 Å². The summed E-state index contributed by atoms with van der Waals surface area (Å²) in [5.74, 6) is 0.212. The molecule has 2 N–H and O–H groups in total. The summed E-state index contributed by atoms with van der Waals surface area (Å²) < 4.78 is 4.62. The van der Waals surface area contributed by atoms with Crippen LogP contribution < -0.4 is 10.6 Å². The number of aromatic nitrogens is 2. The zero-order valence-electron chi connectivity index (χ0n) is 9.80. The zero-order chi connectivity index (χ0) is 12.3. The molecule has 0 unspecified atom stereocenters. The third-order valence-corrected chi connectivity index (χ3v) is 2.80. The van der Waals surface area contributed by atoms with Crippen LogP contribution in [0, 0.1) is 0 Å². The van der Waals surface area contributed by atoms with Crippen molar-refractivity contribution in [2.24, 2.45) is 5.73 Å². The molecule has 1 aromatic rings. The van der Waals surface area contributed by atoms with Gasteiger partial charge < -0.3 is 15.4 Å². The van der Waals surface area contributed by atoms with Crippen LogP contribution in [0.2, 0.25) is 0 Å². The molecule has 0 radical (unpaired) electrons. The van der Waals surface area contributed by atoms with Crippen molar-refractivity contribution in [1.29, 1.82) is 0 Å². The highest BCUT2D eigenvalue weighted by atomic mass is 16.5. The summed E-state index contributed by atoms with van der Waals surface area (Å²) in [5, 5.41) is 0. The number of hydrogen-bond donors (Lipinski definition) is 1. The van der Waals surface area contributed by atoms with Gasteiger partial charge in [0.05, 0.1) is 19.5 Å². The third kappa shape index (κ3) is 2.71. The number of nitrogens with zero attached hydrogens (tertiary/aromatic N) is 3. The molecule has 17 heavy (non-hydrogen) atoms. The van der Waals surface area contributed by atoms with Gasteiger partial charge in [0.1, 0.15) is 5.82 Å². The van der Waals surface area contributed by atoms with E-state index in [0.717, 1.165) is 25.9 Å². The minimum atomic E-state index is -0.472. The van der Waals surface area contributed by atoms with Crippen LogP contribution in [0.5, 0.6) is 0 Å². The first-order chi connectivity index (χ1) is 8.20. The summed E-state index contributed by atoms with van der Waals surface area (Å²) in [7, 11) is 1.33. The molecule has 1 atom stereocenters. The first-order valence-electron chi connectivity index (χ1n) is 5.61. The first-order valence-corrected chi connectivity index (χ1v) is 5.61. The standard InChI is InChI=1S/C11H16N4O2/c1-17-11(16)9-5-13-6-10(14-9)15-4-2-3-8(12)7-15/h5-6,8H,2-4,7,12H2,1H3/t8-/m1/s1. The van der Waals surface area contributed by atoms with Crippen LogP contribution in [0.3, 0.4) is 0 Å². The quantitative estimate of drug-likeness (QED) is 0.738. The summed E-state index contributed by atoms with van der Waals surface area (Å²) >= 11 is 0. The van der Waals surface area contributed by atoms with E-state index in [0.29, 0.717) is 5.82 Å². The number of carbonyl (C=O) groups is 1. The Kier molecular flexibility index (Phi) is 3.53. The predicted molar refractivity (Wildman–Crippen MR) is 62.8 cm³/mol. The first kappa shape index (κ1) is 11.8. The topological polar surface area (TPSA) is 81.3 Å². The van der Waals surface area contributed by atoms with Gasteiger partial charge in [-0.3, -0.25) is 4.98 Å². The van der Waals surface area contributed by atoms with Gasteiger partial charge in [-0.05, 0) is 12.8 Å². The average Bonchev–Trinajstić information content (AvgIpc) is 2.38. The van der Waals surface area contributed by atoms with Crippen LogP contribution in [-0.4, -0.2) is 42.2 Å². The number of nitrogens with two attached hydrogens (primary N) is 1. The second kappa shape index (κ2) is 5.09. The fraction of sp³-hybridized carbons (Fsp3) is 0.545. The molecule has 1 aromatic heterocycles. The summed E-state index contributed by atoms with van der Waals surface area (Å²) in [6.45, 7) is 1.65. The number of ether oxygens (including phenoxy) is 1. The molecule has 0 bridgehead atoms. The molecular formula is C11H16N4O2. The minimum Gasteiger partial charge on any atom is -0.464 e. The Bertz CT molecular complexity index is 410. The Labute approximate surface area is 99.8 Å². The van der Waals surface area contributed by atoms with E-state index in [2.05, 4.69) is 14.7 Å². The Hall–Kier alpha value is -1.69. The second-order valence-corrected chi connectivity index (χ2v) is 4.10. The molecule has 6 nitrogen and oxygen atoms in total. The number of piperidine rings is 1. The van der Waals surface area contributed by atoms with E-state index in [1.54, 1.807) is 6.20 Å². The van der Waals surface area contributed by atoms with E-state index in [4.69, 9.17) is 5.73 Å². The van der Waals surface area contributed by atoms with Gasteiger partial charge in [0, 0.05) is 19.1 Å². The van der Waals surface area contributed by atoms with Crippen molar-refractivity contribution in [3.8, 4) is 0 Å². The normalized spacial score (nSPS) is 20.1. The fourth-order valence-electron chi connectivity index (χ4n) is 1.93. The minimum absolute atomic E-state index is 0.160. The van der Waals surface area contributed by atoms with Gasteiger partial charge >= 0.3 is 5.97 Å². The van der Waals surface area contributed by atoms with Crippen molar-refractivity contribution in [3.63, 3.8) is 0 Å². The highest BCUT2D eigenvalue weighted by molar-refractivity contribution is 5.87. The molecule has 6 heteroatoms. The van der Waals surface area contributed by atoms with E-state index in [9.17, 15) is 4.79 Å². The number of hydrogen-bond acceptors (Lipinski definition) is 6. The molecule has 0 amide bonds. The van der Waals surface area contributed by atoms with Crippen molar-refractivity contribution >= 4 is 11.8 Å². The molecule has 2 rings (SSSR count). The van der Waals surface area contributed by atoms with Crippen molar-refractivity contribution in [1.82, 2.24) is 9.97 Å². The maximum atomic E-state index is 11.3. The maximum absolute atomic E-state index is 11.3. The SMILES string of the molecule is COC(=O)c1cncc(N2CCC[C@@H](N)C2)n1. The lowest BCUT2D eigenvalue weighted by Crippen LogP contribution is -2.43. The number of methoxy groups -OCH3 is 1. The van der Waals surface area contributed by atoms with E-state index in [1.807, 2.05) is 4.90 Å². The lowest BCUT2D eigenvalue weighted by Gasteiger charge is -2.31. The van der Waals surface area contributed by atoms with Crippen molar-refractivity contribution < 1.29 is 9.53 Å². The Morgan fingerprint density at radius 2 is 2.41 bits per heavy atom. The van der Waals surface area contributed by atoms with Crippen LogP contribution in [0.4, 0.5) is 5.82 Å². The number of esters is 1. The van der Waals surface area contributed by atoms with E-state index >= 15 is 0 Å². The van der Waals surface area contributed by atoms with Crippen LogP contribution >= 0.6 is 0 Å². The van der Waals surface area contributed by atoms with E-state index in [1.165, 1.54) is 13.3 Å². The number of carbonyl (C=O) groups excluding carboxylic acids is 1. The molecule has 1 fully saturated rings. The molecule has 92 valence electrons. The lowest BCUT2D eigenvalue weighted by atomic mass is 10.1. The van der Waals surface area contributed by atoms with E-state index in [-0.39, 0.29) is 11.7 Å². The largest absolute Gasteiger partial charge is 0.464 e. The summed E-state index contributed by atoms with van der Waals surface area (Å²) in [6.07, 6.45) is 5.11. The van der Waals surface area contributed by atoms with Gasteiger partial charge in [-0.1, -0.05) is 0 Å². The van der Waals surface area contributed by atoms with Crippen molar-refractivity contribution in [2.45, 2.75) is 18.9 Å². The van der Waals surface area contributed by atoms with Crippen LogP contribution in [-0.2, 0) is 4.74 Å². The lowest BCUT2D eigenvalue weighted by molar-refractivity contribution is 0.0593. The van der Waals surface area contributed by atoms with Crippen LogP contribution in [0.25, 0.3) is 0 Å². The Morgan fingerprint density at radius 1 is 1.59 bits per heavy atom. The molecule has 1 aliphatic heterocycles. The summed E-state index contributed by atoms with van der Waals surface area (Å²) in [4.78, 5) is 21.6. The van der Waals surface area contributed by atoms with Gasteiger partial charge in [-0.2, -0.15) is 0 Å². The molecule has 0 aliphatic carbocycles. The maximum Gasteiger partial charge on any atom is 0.358 e. The van der Waals surface area contributed by atoms with Crippen molar-refractivity contribution in [3.05, 3.63) is 18.1 Å². The van der Waals surface area contributed by atoms with E-state index < -0.39 is 5.97 Å². The van der Waals surface area contributed by atoms with Crippen molar-refractivity contribution in [2.75, 3.05) is 25.1 Å². The third-order valence-electron chi connectivity index (χ3n) is 2.80. The highest BCUT2D eigenvalue weighted by Gasteiger charge is 2.19. The van der Waals surface area contributed by atoms with Gasteiger partial charge in [0.2, 0.25) is 0 Å². The van der Waals surface area contributed by atoms with Gasteiger partial charge in [-0.25, -0.2) is 9.78 Å². The molecular weight excluding hydrogens is 220 g/mol. The monoisotopic (exact) mass is 236 g/mol. The highest BCUT2D eigenvalue weighted by Crippen LogP contribution is 2.16. The molecule has 2 heterocycles.